The van der Waals surface area contributed by atoms with Crippen LogP contribution in [0.5, 0.6) is 0 Å². The summed E-state index contributed by atoms with van der Waals surface area (Å²) in [6.07, 6.45) is -3.42. The maximum atomic E-state index is 12.8. The Hall–Kier alpha value is -3.20. The molecule has 2 aromatic carbocycles. The quantitative estimate of drug-likeness (QED) is 0.660. The van der Waals surface area contributed by atoms with Crippen LogP contribution < -0.4 is 5.32 Å². The lowest BCUT2D eigenvalue weighted by molar-refractivity contribution is -0.137. The van der Waals surface area contributed by atoms with Gasteiger partial charge in [-0.05, 0) is 42.2 Å². The maximum absolute atomic E-state index is 12.8. The Kier molecular flexibility index (Phi) is 5.21. The van der Waals surface area contributed by atoms with E-state index >= 15 is 0 Å². The van der Waals surface area contributed by atoms with Crippen LogP contribution in [0.3, 0.4) is 0 Å². The summed E-state index contributed by atoms with van der Waals surface area (Å²) in [7, 11) is 0. The van der Waals surface area contributed by atoms with Crippen molar-refractivity contribution in [2.45, 2.75) is 31.6 Å². The van der Waals surface area contributed by atoms with Crippen molar-refractivity contribution in [3.63, 3.8) is 0 Å². The smallest absolute Gasteiger partial charge is 0.319 e. The Balaban J connectivity index is 1.28. The zero-order chi connectivity index (χ0) is 22.3. The second kappa shape index (κ2) is 8.05. The number of nitrogens with one attached hydrogen (secondary N) is 1. The molecule has 1 amide bonds. The summed E-state index contributed by atoms with van der Waals surface area (Å²) in [5, 5.41) is 11.4. The molecule has 2 unspecified atom stereocenters. The van der Waals surface area contributed by atoms with E-state index < -0.39 is 11.7 Å². The molecule has 32 heavy (non-hydrogen) atoms. The van der Waals surface area contributed by atoms with Gasteiger partial charge in [-0.2, -0.15) is 13.2 Å². The van der Waals surface area contributed by atoms with E-state index in [0.717, 1.165) is 43.0 Å². The zero-order valence-electron chi connectivity index (χ0n) is 17.2. The molecule has 0 aliphatic carbocycles. The number of carbonyl (C=O) groups is 1. The summed E-state index contributed by atoms with van der Waals surface area (Å²) in [6, 6.07) is 14.6. The van der Waals surface area contributed by atoms with Crippen LogP contribution in [0.25, 0.3) is 0 Å². The molecule has 2 aliphatic rings. The van der Waals surface area contributed by atoms with Crippen molar-refractivity contribution in [2.75, 3.05) is 18.4 Å². The number of anilines is 1. The molecule has 9 heteroatoms. The first-order valence-electron chi connectivity index (χ1n) is 10.6. The predicted molar refractivity (Wildman–Crippen MR) is 112 cm³/mol. The Bertz CT molecular complexity index is 1110. The average Bonchev–Trinajstić information content (AvgIpc) is 3.37. The Morgan fingerprint density at radius 3 is 2.50 bits per heavy atom. The zero-order valence-corrected chi connectivity index (χ0v) is 17.2. The van der Waals surface area contributed by atoms with Crippen LogP contribution in [-0.2, 0) is 19.3 Å². The molecule has 2 aliphatic heterocycles. The van der Waals surface area contributed by atoms with Gasteiger partial charge in [0.15, 0.2) is 0 Å². The SMILES string of the molecule is O=C(Nc1ccccc1)c1nnc2n1CCC1CN(Cc3ccc(C(F)(F)F)cc3)CC21. The van der Waals surface area contributed by atoms with Gasteiger partial charge in [0.1, 0.15) is 5.82 Å². The van der Waals surface area contributed by atoms with Gasteiger partial charge in [-0.15, -0.1) is 10.2 Å². The molecule has 2 atom stereocenters. The molecular weight excluding hydrogens is 419 g/mol. The second-order valence-corrected chi connectivity index (χ2v) is 8.40. The van der Waals surface area contributed by atoms with Crippen molar-refractivity contribution in [2.24, 2.45) is 5.92 Å². The number of amides is 1. The number of benzene rings is 2. The fraction of sp³-hybridized carbons (Fsp3) is 0.348. The number of hydrogen-bond acceptors (Lipinski definition) is 4. The Morgan fingerprint density at radius 1 is 1.03 bits per heavy atom. The van der Waals surface area contributed by atoms with Gasteiger partial charge >= 0.3 is 6.18 Å². The fourth-order valence-electron chi connectivity index (χ4n) is 4.71. The average molecular weight is 441 g/mol. The van der Waals surface area contributed by atoms with Gasteiger partial charge < -0.3 is 9.88 Å². The minimum atomic E-state index is -4.32. The molecule has 1 fully saturated rings. The normalized spacial score (nSPS) is 20.6. The number of alkyl halides is 3. The van der Waals surface area contributed by atoms with E-state index in [4.69, 9.17) is 0 Å². The minimum Gasteiger partial charge on any atom is -0.319 e. The van der Waals surface area contributed by atoms with Crippen molar-refractivity contribution >= 4 is 11.6 Å². The summed E-state index contributed by atoms with van der Waals surface area (Å²) in [6.45, 7) is 2.85. The molecule has 166 valence electrons. The standard InChI is InChI=1S/C23H22F3N5O/c24-23(25,26)17-8-6-15(7-9-17)12-30-13-16-10-11-31-20(19(16)14-30)28-29-21(31)22(32)27-18-4-2-1-3-5-18/h1-9,16,19H,10-14H2,(H,27,32). The molecule has 0 spiro atoms. The van der Waals surface area contributed by atoms with E-state index in [1.807, 2.05) is 34.9 Å². The van der Waals surface area contributed by atoms with Gasteiger partial charge in [0.05, 0.1) is 5.56 Å². The van der Waals surface area contributed by atoms with Gasteiger partial charge in [0, 0.05) is 37.8 Å². The number of nitrogens with zero attached hydrogens (tertiary/aromatic N) is 4. The highest BCUT2D eigenvalue weighted by atomic mass is 19.4. The molecule has 3 aromatic rings. The molecule has 1 saturated heterocycles. The number of carbonyl (C=O) groups excluding carboxylic acids is 1. The van der Waals surface area contributed by atoms with Crippen molar-refractivity contribution < 1.29 is 18.0 Å². The highest BCUT2D eigenvalue weighted by molar-refractivity contribution is 6.01. The van der Waals surface area contributed by atoms with Gasteiger partial charge in [-0.1, -0.05) is 30.3 Å². The predicted octanol–water partition coefficient (Wildman–Crippen LogP) is 4.17. The molecular formula is C23H22F3N5O. The van der Waals surface area contributed by atoms with E-state index in [1.54, 1.807) is 12.1 Å². The van der Waals surface area contributed by atoms with E-state index in [1.165, 1.54) is 0 Å². The van der Waals surface area contributed by atoms with Crippen molar-refractivity contribution in [3.05, 3.63) is 77.4 Å². The number of hydrogen-bond donors (Lipinski definition) is 1. The lowest BCUT2D eigenvalue weighted by Crippen LogP contribution is -2.27. The summed E-state index contributed by atoms with van der Waals surface area (Å²) in [5.41, 5.74) is 0.916. The van der Waals surface area contributed by atoms with Crippen LogP contribution in [0.15, 0.2) is 54.6 Å². The monoisotopic (exact) mass is 441 g/mol. The lowest BCUT2D eigenvalue weighted by Gasteiger charge is -2.25. The van der Waals surface area contributed by atoms with Gasteiger partial charge in [0.25, 0.3) is 5.91 Å². The largest absolute Gasteiger partial charge is 0.416 e. The number of aromatic nitrogens is 3. The van der Waals surface area contributed by atoms with Crippen molar-refractivity contribution in [1.82, 2.24) is 19.7 Å². The highest BCUT2D eigenvalue weighted by Crippen LogP contribution is 2.39. The van der Waals surface area contributed by atoms with Crippen molar-refractivity contribution in [1.29, 1.82) is 0 Å². The number of likely N-dealkylation sites (tertiary alicyclic amines) is 1. The van der Waals surface area contributed by atoms with E-state index in [2.05, 4.69) is 20.4 Å². The van der Waals surface area contributed by atoms with Crippen LogP contribution >= 0.6 is 0 Å². The third-order valence-electron chi connectivity index (χ3n) is 6.27. The highest BCUT2D eigenvalue weighted by Gasteiger charge is 2.41. The third-order valence-corrected chi connectivity index (χ3v) is 6.27. The number of fused-ring (bicyclic) bond motifs is 3. The number of para-hydroxylation sites is 1. The first-order valence-corrected chi connectivity index (χ1v) is 10.6. The van der Waals surface area contributed by atoms with Crippen LogP contribution in [0, 0.1) is 5.92 Å². The van der Waals surface area contributed by atoms with Crippen LogP contribution in [0.2, 0.25) is 0 Å². The number of rotatable bonds is 4. The van der Waals surface area contributed by atoms with Crippen LogP contribution in [-0.4, -0.2) is 38.7 Å². The van der Waals surface area contributed by atoms with E-state index in [0.29, 0.717) is 30.5 Å². The van der Waals surface area contributed by atoms with Gasteiger partial charge in [-0.25, -0.2) is 0 Å². The molecule has 0 bridgehead atoms. The summed E-state index contributed by atoms with van der Waals surface area (Å²) in [5.74, 6) is 1.39. The van der Waals surface area contributed by atoms with Crippen molar-refractivity contribution in [3.8, 4) is 0 Å². The summed E-state index contributed by atoms with van der Waals surface area (Å²) < 4.78 is 40.3. The third kappa shape index (κ3) is 4.00. The molecule has 0 saturated carbocycles. The molecule has 0 radical (unpaired) electrons. The first-order chi connectivity index (χ1) is 15.4. The topological polar surface area (TPSA) is 63.1 Å². The van der Waals surface area contributed by atoms with E-state index in [9.17, 15) is 18.0 Å². The number of halogens is 3. The summed E-state index contributed by atoms with van der Waals surface area (Å²) >= 11 is 0. The minimum absolute atomic E-state index is 0.156. The fourth-order valence-corrected chi connectivity index (χ4v) is 4.71. The molecule has 3 heterocycles. The molecule has 5 rings (SSSR count). The summed E-state index contributed by atoms with van der Waals surface area (Å²) in [4.78, 5) is 15.0. The molecule has 1 aromatic heterocycles. The lowest BCUT2D eigenvalue weighted by atomic mass is 9.89. The van der Waals surface area contributed by atoms with E-state index in [-0.39, 0.29) is 11.8 Å². The van der Waals surface area contributed by atoms with Crippen LogP contribution in [0.1, 0.15) is 39.9 Å². The van der Waals surface area contributed by atoms with Gasteiger partial charge in [-0.3, -0.25) is 9.69 Å². The Labute approximate surface area is 183 Å². The van der Waals surface area contributed by atoms with Gasteiger partial charge in [0.2, 0.25) is 5.82 Å². The van der Waals surface area contributed by atoms with Crippen LogP contribution in [0.4, 0.5) is 18.9 Å². The maximum Gasteiger partial charge on any atom is 0.416 e. The second-order valence-electron chi connectivity index (χ2n) is 8.40. The molecule has 6 nitrogen and oxygen atoms in total. The molecule has 1 N–H and O–H groups in total. The first kappa shape index (κ1) is 20.7. The Morgan fingerprint density at radius 2 is 1.78 bits per heavy atom.